The maximum atomic E-state index is 14.5. The number of rotatable bonds is 27. The second kappa shape index (κ2) is 34.7. The molecule has 114 heavy (non-hydrogen) atoms. The van der Waals surface area contributed by atoms with E-state index in [0.717, 1.165) is 100 Å². The summed E-state index contributed by atoms with van der Waals surface area (Å²) in [6.07, 6.45) is 9.23. The molecule has 15 aliphatic heterocycles. The minimum atomic E-state index is -2.74. The first-order chi connectivity index (χ1) is 55.2. The fourth-order valence-electron chi connectivity index (χ4n) is 16.3. The third-order valence-electron chi connectivity index (χ3n) is 21.2. The second-order valence-electron chi connectivity index (χ2n) is 28.0. The number of carbonyl (C=O) groups excluding carboxylic acids is 4. The molecule has 0 fully saturated rings. The number of carboxylic acid groups (broad SMARTS) is 4. The van der Waals surface area contributed by atoms with Gasteiger partial charge in [0.25, 0.3) is 11.8 Å². The van der Waals surface area contributed by atoms with Crippen molar-refractivity contribution in [3.05, 3.63) is 248 Å². The van der Waals surface area contributed by atoms with Crippen molar-refractivity contribution in [1.29, 1.82) is 0 Å². The standard InChI is InChI=1S/C82H72BF2N7O16S6/c1-43-33-53-40-61-66(43)71-59-39-52(16-19-56(59)70(61)74(80(100)101)75(71)81(102)103)112-111-51-15-18-55-58(38-51)69-54-17-14-50(37-57(54)68(55)72(78(96)97)73(69)79(98)99)110-109-49-13-11-46-36-64(114-113-53)60(35-47(46)34-49)77(95)88-23-28-106-30-29-105-26-21-86-65(93)20-12-48-41-91(42-89-48)82(104)108-32-31-107-27-22-87-76(94)45-9-7-44(8-10-45)67(62-5-3-24-90(62)2)63-6-4-25-92(63)83(84)85/h3-11,13-19,24-25,33-42,68-75H,12,20-23,26-32H2,1-2H3,(H6-,86,87,88,93,94,95,96,97,98,99,100,101,102,103)/p+1. The Morgan fingerprint density at radius 3 is 1.63 bits per heavy atom. The minimum Gasteiger partial charge on any atom is -0.481 e. The highest BCUT2D eigenvalue weighted by Crippen LogP contribution is 2.63. The van der Waals surface area contributed by atoms with Gasteiger partial charge in [-0.05, 0) is 183 Å². The van der Waals surface area contributed by atoms with Gasteiger partial charge in [-0.3, -0.25) is 42.2 Å². The van der Waals surface area contributed by atoms with Crippen LogP contribution in [0.25, 0.3) is 16.3 Å². The first-order valence-corrected chi connectivity index (χ1v) is 43.0. The average Bonchev–Trinajstić information content (AvgIpc) is 0.794. The first kappa shape index (κ1) is 79.3. The summed E-state index contributed by atoms with van der Waals surface area (Å²) < 4.78 is 54.1. The molecule has 8 atom stereocenters. The average molecular weight is 1650 g/mol. The van der Waals surface area contributed by atoms with Crippen LogP contribution in [0.4, 0.5) is 13.4 Å². The molecule has 7 N–H and O–H groups in total. The van der Waals surface area contributed by atoms with E-state index in [0.29, 0.717) is 38.5 Å². The van der Waals surface area contributed by atoms with E-state index >= 15 is 0 Å². The van der Waals surface area contributed by atoms with Crippen LogP contribution in [0.15, 0.2) is 199 Å². The van der Waals surface area contributed by atoms with Crippen molar-refractivity contribution >= 4 is 142 Å². The van der Waals surface area contributed by atoms with Gasteiger partial charge in [-0.25, -0.2) is 18.9 Å². The van der Waals surface area contributed by atoms with Crippen LogP contribution < -0.4 is 16.0 Å². The SMILES string of the molecule is Cc1cc2cc3c1C1c4cc(ccc4C3C(C(=O)O)C1C(=O)O)SSc1ccc3c(c1)C1c4ccc(cc4C3C(C(=O)O)C1C(=O)O)SSc1ccc3cc(c(C(=O)NCCOCCOCCNC(=O)CCc4cn(C(=O)OCCOCCNC(=O)c5ccc(/C(=C6\C=CC=[N+]6C)c6cccn6B(F)F)cc5)cn4)cc3c1)SS2. The third-order valence-corrected chi connectivity index (χ3v) is 28.4. The lowest BCUT2D eigenvalue weighted by atomic mass is 9.53. The second-order valence-corrected chi connectivity index (χ2v) is 34.8. The number of nitrogens with one attached hydrogen (secondary N) is 3. The summed E-state index contributed by atoms with van der Waals surface area (Å²) in [7, 11) is 7.73. The molecule has 20 bridgehead atoms. The predicted molar refractivity (Wildman–Crippen MR) is 431 cm³/mol. The van der Waals surface area contributed by atoms with Crippen LogP contribution in [0.1, 0.15) is 118 Å². The Bertz CT molecular complexity index is 5470. The van der Waals surface area contributed by atoms with E-state index in [1.165, 1.54) is 83.5 Å². The smallest absolute Gasteiger partial charge is 0.481 e. The van der Waals surface area contributed by atoms with Gasteiger partial charge >= 0.3 is 37.4 Å². The van der Waals surface area contributed by atoms with Gasteiger partial charge in [0.05, 0.1) is 80.1 Å². The molecule has 0 saturated carbocycles. The summed E-state index contributed by atoms with van der Waals surface area (Å²) in [5.41, 5.74) is 10.4. The molecular formula is C82H73BF2N7O16S6+. The first-order valence-electron chi connectivity index (χ1n) is 36.6. The molecule has 0 saturated heterocycles. The molecule has 7 aromatic carbocycles. The molecule has 8 unspecified atom stereocenters. The fourth-order valence-corrected chi connectivity index (χ4v) is 22.5. The summed E-state index contributed by atoms with van der Waals surface area (Å²) in [4.78, 5) is 115. The topological polar surface area (TPSA) is 316 Å². The van der Waals surface area contributed by atoms with Crippen molar-refractivity contribution in [2.45, 2.75) is 72.8 Å². The Balaban J connectivity index is 0.529. The molecule has 3 amide bonds. The maximum absolute atomic E-state index is 14.5. The summed E-state index contributed by atoms with van der Waals surface area (Å²) in [5.74, 6) is -13.8. The summed E-state index contributed by atoms with van der Waals surface area (Å²) in [6, 6.07) is 41.0. The molecule has 21 aliphatic rings. The molecule has 584 valence electrons. The lowest BCUT2D eigenvalue weighted by molar-refractivity contribution is -0.428. The number of allylic oxidation sites excluding steroid dienone is 2. The van der Waals surface area contributed by atoms with Crippen molar-refractivity contribution in [3.8, 4) is 0 Å². The van der Waals surface area contributed by atoms with E-state index in [1.54, 1.807) is 36.4 Å². The molecule has 23 nitrogen and oxygen atoms in total. The van der Waals surface area contributed by atoms with Crippen molar-refractivity contribution < 1.29 is 90.9 Å². The monoisotopic (exact) mass is 1650 g/mol. The number of ether oxygens (including phenoxy) is 4. The molecule has 32 heteroatoms. The predicted octanol–water partition coefficient (Wildman–Crippen LogP) is 13.6. The fraction of sp³-hybridized carbons (Fsp3) is 0.268. The number of aromatic nitrogens is 3. The number of carboxylic acids is 4. The molecule has 2 aromatic heterocycles. The van der Waals surface area contributed by atoms with E-state index in [1.807, 2.05) is 134 Å². The zero-order valence-electron chi connectivity index (χ0n) is 61.0. The van der Waals surface area contributed by atoms with Crippen molar-refractivity contribution in [3.63, 3.8) is 0 Å². The number of aliphatic carboxylic acids is 4. The van der Waals surface area contributed by atoms with Gasteiger partial charge in [-0.1, -0.05) is 101 Å². The summed E-state index contributed by atoms with van der Waals surface area (Å²) in [5, 5.41) is 53.7. The molecule has 9 aromatic rings. The molecule has 17 heterocycles. The van der Waals surface area contributed by atoms with Crippen LogP contribution in [0.3, 0.4) is 0 Å². The van der Waals surface area contributed by atoms with Crippen LogP contribution in [0, 0.1) is 30.6 Å². The van der Waals surface area contributed by atoms with Gasteiger partial charge in [0.1, 0.15) is 20.0 Å². The van der Waals surface area contributed by atoms with Gasteiger partial charge in [0.15, 0.2) is 6.21 Å². The summed E-state index contributed by atoms with van der Waals surface area (Å²) >= 11 is 0. The number of carbonyl (C=O) groups is 8. The molecule has 6 aliphatic carbocycles. The van der Waals surface area contributed by atoms with E-state index in [4.69, 9.17) is 18.9 Å². The van der Waals surface area contributed by atoms with Gasteiger partial charge in [0.2, 0.25) is 11.6 Å². The molecular weight excluding hydrogens is 1580 g/mol. The van der Waals surface area contributed by atoms with E-state index in [9.17, 15) is 67.4 Å². The molecule has 0 radical (unpaired) electrons. The zero-order valence-corrected chi connectivity index (χ0v) is 65.9. The molecule has 0 spiro atoms. The number of benzene rings is 7. The Morgan fingerprint density at radius 1 is 0.535 bits per heavy atom. The van der Waals surface area contributed by atoms with Crippen molar-refractivity contribution in [2.24, 2.45) is 23.7 Å². The highest BCUT2D eigenvalue weighted by atomic mass is 33.1. The lowest BCUT2D eigenvalue weighted by Gasteiger charge is -2.48. The van der Waals surface area contributed by atoms with Gasteiger partial charge in [-0.15, -0.1) is 0 Å². The number of nitrogens with zero attached hydrogens (tertiary/aromatic N) is 4. The number of hydrogen-bond acceptors (Lipinski definition) is 19. The van der Waals surface area contributed by atoms with Crippen LogP contribution >= 0.6 is 64.8 Å². The van der Waals surface area contributed by atoms with E-state index in [-0.39, 0.29) is 96.4 Å². The van der Waals surface area contributed by atoms with Crippen LogP contribution in [-0.2, 0) is 49.3 Å². The number of amides is 3. The number of imidazole rings is 1. The lowest BCUT2D eigenvalue weighted by Crippen LogP contribution is -2.47. The van der Waals surface area contributed by atoms with Gasteiger partial charge < -0.3 is 59.8 Å². The van der Waals surface area contributed by atoms with Gasteiger partial charge in [0, 0.05) is 109 Å². The van der Waals surface area contributed by atoms with E-state index in [2.05, 4.69) is 20.9 Å². The van der Waals surface area contributed by atoms with E-state index < -0.39 is 84.7 Å². The quantitative estimate of drug-likeness (QED) is 0.0109. The Morgan fingerprint density at radius 2 is 1.05 bits per heavy atom. The summed E-state index contributed by atoms with van der Waals surface area (Å²) in [6.45, 7) is 3.32. The minimum absolute atomic E-state index is 0.0529. The van der Waals surface area contributed by atoms with Crippen LogP contribution in [0.2, 0.25) is 0 Å². The van der Waals surface area contributed by atoms with Crippen LogP contribution in [-0.4, -0.2) is 173 Å². The molecule has 30 rings (SSSR count). The number of likely N-dealkylation sites (N-methyl/N-ethyl adjacent to an activating group) is 1. The highest BCUT2D eigenvalue weighted by Gasteiger charge is 2.58. The van der Waals surface area contributed by atoms with Crippen molar-refractivity contribution in [1.82, 2.24) is 30.0 Å². The Hall–Kier alpha value is -9.90. The number of halogens is 2. The largest absolute Gasteiger partial charge is 0.677 e. The highest BCUT2D eigenvalue weighted by molar-refractivity contribution is 8.77. The van der Waals surface area contributed by atoms with Crippen LogP contribution in [0.5, 0.6) is 0 Å². The Labute approximate surface area is 676 Å². The number of fused-ring (bicyclic) bond motifs is 2. The third kappa shape index (κ3) is 16.4. The normalized spacial score (nSPS) is 19.7. The number of aryl methyl sites for hydroxylation is 2. The zero-order chi connectivity index (χ0) is 79.6. The van der Waals surface area contributed by atoms with Gasteiger partial charge in [-0.2, -0.15) is 0 Å². The van der Waals surface area contributed by atoms with Crippen molar-refractivity contribution in [2.75, 3.05) is 72.9 Å². The Kier molecular flexibility index (Phi) is 24.1. The maximum Gasteiger partial charge on any atom is 0.677 e. The number of hydrogen-bond donors (Lipinski definition) is 7.